The Morgan fingerprint density at radius 3 is 2.30 bits per heavy atom. The van der Waals surface area contributed by atoms with Crippen LogP contribution in [0.25, 0.3) is 0 Å². The number of rotatable bonds is 6. The van der Waals surface area contributed by atoms with Crippen LogP contribution in [0.1, 0.15) is 59.8 Å². The Bertz CT molecular complexity index is 284. The highest BCUT2D eigenvalue weighted by Crippen LogP contribution is 2.20. The van der Waals surface area contributed by atoms with Crippen LogP contribution < -0.4 is 5.32 Å². The summed E-state index contributed by atoms with van der Waals surface area (Å²) in [4.78, 5) is 14.0. The van der Waals surface area contributed by atoms with Gasteiger partial charge in [-0.3, -0.25) is 0 Å². The third kappa shape index (κ3) is 6.12. The van der Waals surface area contributed by atoms with E-state index in [9.17, 15) is 9.90 Å². The van der Waals surface area contributed by atoms with Gasteiger partial charge in [0.05, 0.1) is 6.10 Å². The van der Waals surface area contributed by atoms with Gasteiger partial charge in [-0.2, -0.15) is 0 Å². The van der Waals surface area contributed by atoms with Crippen molar-refractivity contribution in [1.29, 1.82) is 0 Å². The number of nitrogens with one attached hydrogen (secondary N) is 1. The summed E-state index contributed by atoms with van der Waals surface area (Å²) in [6, 6.07) is 0.307. The summed E-state index contributed by atoms with van der Waals surface area (Å²) in [7, 11) is 0. The van der Waals surface area contributed by atoms with Gasteiger partial charge in [0.15, 0.2) is 0 Å². The van der Waals surface area contributed by atoms with E-state index in [0.29, 0.717) is 5.92 Å². The number of hydrogen-bond acceptors (Lipinski definition) is 2. The van der Waals surface area contributed by atoms with Gasteiger partial charge in [-0.15, -0.1) is 0 Å². The van der Waals surface area contributed by atoms with E-state index in [1.165, 1.54) is 12.8 Å². The van der Waals surface area contributed by atoms with E-state index in [4.69, 9.17) is 0 Å². The van der Waals surface area contributed by atoms with Crippen LogP contribution in [-0.4, -0.2) is 41.3 Å². The minimum Gasteiger partial charge on any atom is -0.393 e. The molecule has 2 unspecified atom stereocenters. The first-order valence-corrected chi connectivity index (χ1v) is 8.13. The Morgan fingerprint density at radius 1 is 1.20 bits per heavy atom. The number of piperidine rings is 1. The maximum absolute atomic E-state index is 12.1. The van der Waals surface area contributed by atoms with Crippen LogP contribution in [0.3, 0.4) is 0 Å². The number of likely N-dealkylation sites (tertiary alicyclic amines) is 1. The van der Waals surface area contributed by atoms with Crippen molar-refractivity contribution >= 4 is 6.03 Å². The van der Waals surface area contributed by atoms with Crippen LogP contribution in [0.4, 0.5) is 4.79 Å². The van der Waals surface area contributed by atoms with E-state index in [-0.39, 0.29) is 18.2 Å². The molecule has 118 valence electrons. The van der Waals surface area contributed by atoms with Gasteiger partial charge in [-0.1, -0.05) is 26.7 Å². The number of carbonyl (C=O) groups excluding carboxylic acids is 1. The molecule has 4 heteroatoms. The molecule has 1 aliphatic rings. The van der Waals surface area contributed by atoms with Crippen molar-refractivity contribution in [2.24, 2.45) is 11.8 Å². The molecule has 2 atom stereocenters. The minimum atomic E-state index is -0.254. The van der Waals surface area contributed by atoms with Gasteiger partial charge in [0.1, 0.15) is 0 Å². The van der Waals surface area contributed by atoms with Crippen LogP contribution >= 0.6 is 0 Å². The molecule has 0 aromatic heterocycles. The second-order valence-corrected chi connectivity index (χ2v) is 6.74. The monoisotopic (exact) mass is 284 g/mol. The fourth-order valence-corrected chi connectivity index (χ4v) is 2.79. The molecule has 0 aromatic carbocycles. The molecule has 2 N–H and O–H groups in total. The lowest BCUT2D eigenvalue weighted by Gasteiger charge is -2.34. The molecule has 20 heavy (non-hydrogen) atoms. The molecule has 0 saturated carbocycles. The minimum absolute atomic E-state index is 0.0612. The van der Waals surface area contributed by atoms with Crippen molar-refractivity contribution < 1.29 is 9.90 Å². The van der Waals surface area contributed by atoms with E-state index in [0.717, 1.165) is 38.3 Å². The van der Waals surface area contributed by atoms with E-state index >= 15 is 0 Å². The number of carbonyl (C=O) groups is 1. The smallest absolute Gasteiger partial charge is 0.317 e. The summed E-state index contributed by atoms with van der Waals surface area (Å²) < 4.78 is 0. The Labute approximate surface area is 123 Å². The standard InChI is InChI=1S/C16H32N2O2/c1-12(2)6-5-7-13(3)17-16(20)18-10-8-15(9-11-18)14(4)19/h12-15,19H,5-11H2,1-4H3,(H,17,20). The highest BCUT2D eigenvalue weighted by Gasteiger charge is 2.25. The maximum atomic E-state index is 12.1. The Morgan fingerprint density at radius 2 is 1.80 bits per heavy atom. The summed E-state index contributed by atoms with van der Waals surface area (Å²) >= 11 is 0. The Hall–Kier alpha value is -0.770. The number of amides is 2. The van der Waals surface area contributed by atoms with Crippen molar-refractivity contribution in [3.8, 4) is 0 Å². The van der Waals surface area contributed by atoms with Crippen LogP contribution in [-0.2, 0) is 0 Å². The SMILES string of the molecule is CC(C)CCCC(C)NC(=O)N1CCC(C(C)O)CC1. The largest absolute Gasteiger partial charge is 0.393 e. The Balaban J connectivity index is 2.22. The van der Waals surface area contributed by atoms with Crippen LogP contribution in [0.2, 0.25) is 0 Å². The van der Waals surface area contributed by atoms with E-state index in [1.807, 2.05) is 11.8 Å². The zero-order chi connectivity index (χ0) is 15.1. The first-order valence-electron chi connectivity index (χ1n) is 8.13. The number of aliphatic hydroxyl groups excluding tert-OH is 1. The molecular formula is C16H32N2O2. The molecule has 0 spiro atoms. The molecule has 0 aromatic rings. The molecule has 1 saturated heterocycles. The van der Waals surface area contributed by atoms with Crippen molar-refractivity contribution in [3.05, 3.63) is 0 Å². The third-order valence-electron chi connectivity index (χ3n) is 4.30. The number of nitrogens with zero attached hydrogens (tertiary/aromatic N) is 1. The fraction of sp³-hybridized carbons (Fsp3) is 0.938. The second kappa shape index (κ2) is 8.50. The summed E-state index contributed by atoms with van der Waals surface area (Å²) in [5.74, 6) is 1.08. The van der Waals surface area contributed by atoms with Gasteiger partial charge in [0.2, 0.25) is 0 Å². The molecular weight excluding hydrogens is 252 g/mol. The Kier molecular flexibility index (Phi) is 7.35. The van der Waals surface area contributed by atoms with E-state index < -0.39 is 0 Å². The predicted molar refractivity (Wildman–Crippen MR) is 82.7 cm³/mol. The average molecular weight is 284 g/mol. The molecule has 1 aliphatic heterocycles. The van der Waals surface area contributed by atoms with E-state index in [1.54, 1.807) is 0 Å². The molecule has 0 radical (unpaired) electrons. The summed E-state index contributed by atoms with van der Waals surface area (Å²) in [6.07, 6.45) is 5.01. The van der Waals surface area contributed by atoms with E-state index in [2.05, 4.69) is 26.1 Å². The quantitative estimate of drug-likeness (QED) is 0.788. The topological polar surface area (TPSA) is 52.6 Å². The van der Waals surface area contributed by atoms with Gasteiger partial charge in [-0.05, 0) is 44.9 Å². The second-order valence-electron chi connectivity index (χ2n) is 6.74. The molecule has 1 fully saturated rings. The predicted octanol–water partition coefficient (Wildman–Crippen LogP) is 3.00. The van der Waals surface area contributed by atoms with Gasteiger partial charge in [0, 0.05) is 19.1 Å². The van der Waals surface area contributed by atoms with Crippen LogP contribution in [0.5, 0.6) is 0 Å². The zero-order valence-corrected chi connectivity index (χ0v) is 13.6. The summed E-state index contributed by atoms with van der Waals surface area (Å²) in [5, 5.41) is 12.7. The maximum Gasteiger partial charge on any atom is 0.317 e. The number of urea groups is 1. The molecule has 4 nitrogen and oxygen atoms in total. The fourth-order valence-electron chi connectivity index (χ4n) is 2.79. The number of hydrogen-bond donors (Lipinski definition) is 2. The van der Waals surface area contributed by atoms with Gasteiger partial charge < -0.3 is 15.3 Å². The van der Waals surface area contributed by atoms with Crippen LogP contribution in [0.15, 0.2) is 0 Å². The van der Waals surface area contributed by atoms with Crippen molar-refractivity contribution in [1.82, 2.24) is 10.2 Å². The lowest BCUT2D eigenvalue weighted by molar-refractivity contribution is 0.0793. The third-order valence-corrected chi connectivity index (χ3v) is 4.30. The molecule has 2 amide bonds. The molecule has 0 bridgehead atoms. The molecule has 0 aliphatic carbocycles. The van der Waals surface area contributed by atoms with Crippen molar-refractivity contribution in [2.45, 2.75) is 71.9 Å². The number of aliphatic hydroxyl groups is 1. The van der Waals surface area contributed by atoms with Crippen molar-refractivity contribution in [2.75, 3.05) is 13.1 Å². The average Bonchev–Trinajstić information content (AvgIpc) is 2.38. The molecule has 1 rings (SSSR count). The summed E-state index contributed by atoms with van der Waals surface area (Å²) in [6.45, 7) is 9.92. The first-order chi connectivity index (χ1) is 9.40. The van der Waals surface area contributed by atoms with Gasteiger partial charge in [0.25, 0.3) is 0 Å². The highest BCUT2D eigenvalue weighted by atomic mass is 16.3. The van der Waals surface area contributed by atoms with Gasteiger partial charge in [-0.25, -0.2) is 4.79 Å². The highest BCUT2D eigenvalue weighted by molar-refractivity contribution is 5.74. The normalized spacial score (nSPS) is 20.0. The molecule has 1 heterocycles. The lowest BCUT2D eigenvalue weighted by atomic mass is 9.92. The van der Waals surface area contributed by atoms with Crippen molar-refractivity contribution in [3.63, 3.8) is 0 Å². The van der Waals surface area contributed by atoms with Crippen LogP contribution in [0, 0.1) is 11.8 Å². The first kappa shape index (κ1) is 17.3. The lowest BCUT2D eigenvalue weighted by Crippen LogP contribution is -2.48. The zero-order valence-electron chi connectivity index (χ0n) is 13.6. The summed E-state index contributed by atoms with van der Waals surface area (Å²) in [5.41, 5.74) is 0. The van der Waals surface area contributed by atoms with Gasteiger partial charge >= 0.3 is 6.03 Å².